The van der Waals surface area contributed by atoms with Gasteiger partial charge in [0.05, 0.1) is 12.2 Å². The molecule has 0 radical (unpaired) electrons. The van der Waals surface area contributed by atoms with Gasteiger partial charge < -0.3 is 14.8 Å². The Labute approximate surface area is 222 Å². The molecule has 0 aliphatic heterocycles. The Hall–Kier alpha value is -3.45. The number of carbonyl (C=O) groups is 2. The number of thiophene rings is 1. The summed E-state index contributed by atoms with van der Waals surface area (Å²) in [7, 11) is 0. The van der Waals surface area contributed by atoms with Gasteiger partial charge in [-0.25, -0.2) is 9.79 Å². The Kier molecular flexibility index (Phi) is 8.44. The summed E-state index contributed by atoms with van der Waals surface area (Å²) in [5, 5.41) is 3.79. The van der Waals surface area contributed by atoms with Gasteiger partial charge in [-0.2, -0.15) is 0 Å². The highest BCUT2D eigenvalue weighted by Gasteiger charge is 2.33. The van der Waals surface area contributed by atoms with Crippen LogP contribution in [0.15, 0.2) is 59.6 Å². The smallest absolute Gasteiger partial charge is 0.344 e. The summed E-state index contributed by atoms with van der Waals surface area (Å²) >= 11 is 1.62. The number of esters is 1. The van der Waals surface area contributed by atoms with E-state index in [2.05, 4.69) is 26.1 Å². The first-order valence-corrected chi connectivity index (χ1v) is 13.5. The van der Waals surface area contributed by atoms with Gasteiger partial charge in [0.1, 0.15) is 10.8 Å². The van der Waals surface area contributed by atoms with E-state index >= 15 is 0 Å². The summed E-state index contributed by atoms with van der Waals surface area (Å²) in [6.07, 6.45) is 4.69. The molecule has 0 spiro atoms. The lowest BCUT2D eigenvalue weighted by Gasteiger charge is -2.33. The van der Waals surface area contributed by atoms with Crippen LogP contribution >= 0.6 is 11.3 Å². The second-order valence-corrected chi connectivity index (χ2v) is 11.3. The number of para-hydroxylation sites is 1. The molecule has 7 heteroatoms. The summed E-state index contributed by atoms with van der Waals surface area (Å²) in [6, 6.07) is 16.8. The maximum Gasteiger partial charge on any atom is 0.344 e. The van der Waals surface area contributed by atoms with Gasteiger partial charge in [0.15, 0.2) is 6.61 Å². The molecule has 37 heavy (non-hydrogen) atoms. The van der Waals surface area contributed by atoms with Crippen molar-refractivity contribution in [2.45, 2.75) is 47.0 Å². The first kappa shape index (κ1) is 26.6. The number of aliphatic imine (C=N–C) groups is 1. The van der Waals surface area contributed by atoms with Gasteiger partial charge in [-0.15, -0.1) is 11.3 Å². The highest BCUT2D eigenvalue weighted by atomic mass is 32.1. The molecule has 0 unspecified atom stereocenters. The van der Waals surface area contributed by atoms with E-state index in [1.165, 1.54) is 4.88 Å². The number of hydrogen-bond donors (Lipinski definition) is 1. The van der Waals surface area contributed by atoms with E-state index in [9.17, 15) is 9.59 Å². The molecule has 2 aromatic carbocycles. The van der Waals surface area contributed by atoms with Crippen LogP contribution in [0.5, 0.6) is 5.75 Å². The van der Waals surface area contributed by atoms with E-state index in [-0.39, 0.29) is 17.9 Å². The number of carbonyl (C=O) groups excluding carboxylic acids is 2. The highest BCUT2D eigenvalue weighted by Crippen LogP contribution is 2.45. The summed E-state index contributed by atoms with van der Waals surface area (Å²) in [5.74, 6) is 0.633. The Bertz CT molecular complexity index is 1260. The first-order valence-electron chi connectivity index (χ1n) is 12.7. The van der Waals surface area contributed by atoms with E-state index in [4.69, 9.17) is 14.5 Å². The lowest BCUT2D eigenvalue weighted by molar-refractivity contribution is -0.145. The molecule has 0 bridgehead atoms. The van der Waals surface area contributed by atoms with Crippen molar-refractivity contribution >= 4 is 40.1 Å². The number of ether oxygens (including phenoxy) is 2. The lowest BCUT2D eigenvalue weighted by atomic mass is 9.72. The first-order chi connectivity index (χ1) is 17.7. The summed E-state index contributed by atoms with van der Waals surface area (Å²) < 4.78 is 10.4. The molecule has 3 aromatic rings. The Morgan fingerprint density at radius 2 is 1.84 bits per heavy atom. The molecule has 4 rings (SSSR count). The SMILES string of the molecule is CCOC(=O)COc1ccc(C=Nc2sc3c(c2C(=O)Nc2ccccc2)CC[C@H](C(C)(C)C)C3)cc1. The summed E-state index contributed by atoms with van der Waals surface area (Å²) in [4.78, 5) is 31.0. The number of benzene rings is 2. The van der Waals surface area contributed by atoms with Crippen LogP contribution < -0.4 is 10.1 Å². The topological polar surface area (TPSA) is 77.0 Å². The van der Waals surface area contributed by atoms with E-state index in [0.29, 0.717) is 23.8 Å². The second kappa shape index (κ2) is 11.7. The molecule has 1 aliphatic carbocycles. The van der Waals surface area contributed by atoms with Crippen LogP contribution in [0.25, 0.3) is 0 Å². The van der Waals surface area contributed by atoms with Gasteiger partial charge in [0.2, 0.25) is 0 Å². The molecule has 6 nitrogen and oxygen atoms in total. The Morgan fingerprint density at radius 3 is 2.51 bits per heavy atom. The van der Waals surface area contributed by atoms with Gasteiger partial charge in [-0.05, 0) is 85.0 Å². The molecule has 1 atom stereocenters. The Morgan fingerprint density at radius 1 is 1.11 bits per heavy atom. The van der Waals surface area contributed by atoms with Crippen molar-refractivity contribution in [1.29, 1.82) is 0 Å². The van der Waals surface area contributed by atoms with Crippen molar-refractivity contribution in [2.24, 2.45) is 16.3 Å². The monoisotopic (exact) mass is 518 g/mol. The fourth-order valence-electron chi connectivity index (χ4n) is 4.48. The van der Waals surface area contributed by atoms with Gasteiger partial charge in [0.25, 0.3) is 5.91 Å². The third kappa shape index (κ3) is 6.86. The lowest BCUT2D eigenvalue weighted by Crippen LogP contribution is -2.27. The third-order valence-corrected chi connectivity index (χ3v) is 7.77. The molecule has 194 valence electrons. The van der Waals surface area contributed by atoms with Gasteiger partial charge in [-0.3, -0.25) is 4.79 Å². The van der Waals surface area contributed by atoms with E-state index < -0.39 is 5.97 Å². The quantitative estimate of drug-likeness (QED) is 0.261. The van der Waals surface area contributed by atoms with Crippen molar-refractivity contribution < 1.29 is 19.1 Å². The number of anilines is 1. The summed E-state index contributed by atoms with van der Waals surface area (Å²) in [6.45, 7) is 8.83. The van der Waals surface area contributed by atoms with Crippen molar-refractivity contribution in [3.8, 4) is 5.75 Å². The van der Waals surface area contributed by atoms with Crippen LogP contribution in [0, 0.1) is 11.3 Å². The number of nitrogens with one attached hydrogen (secondary N) is 1. The van der Waals surface area contributed by atoms with Crippen LogP contribution in [0.1, 0.15) is 60.5 Å². The predicted molar refractivity (Wildman–Crippen MR) is 150 cm³/mol. The maximum atomic E-state index is 13.4. The van der Waals surface area contributed by atoms with Crippen molar-refractivity contribution in [3.63, 3.8) is 0 Å². The number of amides is 1. The van der Waals surface area contributed by atoms with Crippen molar-refractivity contribution in [1.82, 2.24) is 0 Å². The fourth-order valence-corrected chi connectivity index (χ4v) is 5.75. The van der Waals surface area contributed by atoms with E-state index in [1.54, 1.807) is 36.6 Å². The minimum atomic E-state index is -0.398. The molecule has 0 fully saturated rings. The zero-order valence-corrected chi connectivity index (χ0v) is 22.7. The zero-order chi connectivity index (χ0) is 26.4. The van der Waals surface area contributed by atoms with Gasteiger partial charge in [0, 0.05) is 16.8 Å². The minimum absolute atomic E-state index is 0.118. The van der Waals surface area contributed by atoms with Gasteiger partial charge in [-0.1, -0.05) is 39.0 Å². The molecule has 0 saturated heterocycles. The van der Waals surface area contributed by atoms with Crippen LogP contribution in [-0.4, -0.2) is 31.3 Å². The average molecular weight is 519 g/mol. The molecule has 1 N–H and O–H groups in total. The Balaban J connectivity index is 1.56. The molecular formula is C30H34N2O4S. The van der Waals surface area contributed by atoms with Gasteiger partial charge >= 0.3 is 5.97 Å². The van der Waals surface area contributed by atoms with Crippen LogP contribution in [0.3, 0.4) is 0 Å². The summed E-state index contributed by atoms with van der Waals surface area (Å²) in [5.41, 5.74) is 3.67. The molecule has 0 saturated carbocycles. The number of rotatable bonds is 8. The number of fused-ring (bicyclic) bond motifs is 1. The standard InChI is InChI=1S/C30H34N2O4S/c1-5-35-26(33)19-36-23-14-11-20(12-15-23)18-31-29-27(28(34)32-22-9-7-6-8-10-22)24-16-13-21(30(2,3)4)17-25(24)37-29/h6-12,14-15,18,21H,5,13,16-17,19H2,1-4H3,(H,32,34)/t21-/m0/s1. The minimum Gasteiger partial charge on any atom is -0.482 e. The largest absolute Gasteiger partial charge is 0.482 e. The van der Waals surface area contributed by atoms with E-state index in [0.717, 1.165) is 41.1 Å². The molecule has 1 heterocycles. The fraction of sp³-hybridized carbons (Fsp3) is 0.367. The normalized spacial score (nSPS) is 15.3. The van der Waals surface area contributed by atoms with Crippen molar-refractivity contribution in [3.05, 3.63) is 76.2 Å². The zero-order valence-electron chi connectivity index (χ0n) is 21.9. The van der Waals surface area contributed by atoms with Crippen LogP contribution in [0.4, 0.5) is 10.7 Å². The maximum absolute atomic E-state index is 13.4. The molecule has 1 aliphatic rings. The number of nitrogens with zero attached hydrogens (tertiary/aromatic N) is 1. The third-order valence-electron chi connectivity index (χ3n) is 6.60. The van der Waals surface area contributed by atoms with Crippen LogP contribution in [0.2, 0.25) is 0 Å². The average Bonchev–Trinajstić information content (AvgIpc) is 3.25. The molecule has 1 amide bonds. The van der Waals surface area contributed by atoms with E-state index in [1.807, 2.05) is 42.5 Å². The number of hydrogen-bond acceptors (Lipinski definition) is 6. The highest BCUT2D eigenvalue weighted by molar-refractivity contribution is 7.16. The van der Waals surface area contributed by atoms with Crippen molar-refractivity contribution in [2.75, 3.05) is 18.5 Å². The molecular weight excluding hydrogens is 484 g/mol. The predicted octanol–water partition coefficient (Wildman–Crippen LogP) is 6.84. The van der Waals surface area contributed by atoms with Crippen LogP contribution in [-0.2, 0) is 22.4 Å². The second-order valence-electron chi connectivity index (χ2n) is 10.2. The molecule has 1 aromatic heterocycles.